The summed E-state index contributed by atoms with van der Waals surface area (Å²) in [5, 5.41) is 0.219. The number of aromatic nitrogens is 2. The quantitative estimate of drug-likeness (QED) is 0.724. The number of carbonyl (C=O) groups is 1. The summed E-state index contributed by atoms with van der Waals surface area (Å²) in [5.74, 6) is 0.856. The molecule has 1 amide bonds. The van der Waals surface area contributed by atoms with E-state index in [2.05, 4.69) is 33.6 Å². The Kier molecular flexibility index (Phi) is 3.30. The van der Waals surface area contributed by atoms with Gasteiger partial charge in [-0.2, -0.15) is 4.98 Å². The van der Waals surface area contributed by atoms with Crippen LogP contribution in [0.5, 0.6) is 0 Å². The summed E-state index contributed by atoms with van der Waals surface area (Å²) in [6.07, 6.45) is 1.62. The Bertz CT molecular complexity index is 550. The molecule has 1 saturated heterocycles. The third-order valence-electron chi connectivity index (χ3n) is 4.11. The van der Waals surface area contributed by atoms with Crippen LogP contribution in [-0.4, -0.2) is 59.5 Å². The van der Waals surface area contributed by atoms with E-state index < -0.39 is 0 Å². The molecule has 1 unspecified atom stereocenters. The third-order valence-corrected chi connectivity index (χ3v) is 4.29. The van der Waals surface area contributed by atoms with Crippen LogP contribution in [0.3, 0.4) is 0 Å². The fourth-order valence-corrected chi connectivity index (χ4v) is 3.00. The summed E-state index contributed by atoms with van der Waals surface area (Å²) in [6.45, 7) is 6.73. The number of likely N-dealkylation sites (N-methyl/N-ethyl adjacent to an activating group) is 1. The second-order valence-electron chi connectivity index (χ2n) is 5.54. The van der Waals surface area contributed by atoms with Gasteiger partial charge in [-0.1, -0.05) is 0 Å². The van der Waals surface area contributed by atoms with Crippen LogP contribution in [0.1, 0.15) is 13.8 Å². The fourth-order valence-electron chi connectivity index (χ4n) is 2.87. The minimum atomic E-state index is -0.186. The number of amides is 1. The molecule has 2 aliphatic heterocycles. The lowest BCUT2D eigenvalue weighted by molar-refractivity contribution is -0.121. The molecular formula is C13H18ClN5O. The molecule has 0 spiro atoms. The van der Waals surface area contributed by atoms with Crippen LogP contribution in [0.4, 0.5) is 11.5 Å². The van der Waals surface area contributed by atoms with Gasteiger partial charge in [0.1, 0.15) is 11.7 Å². The van der Waals surface area contributed by atoms with Gasteiger partial charge in [0.25, 0.3) is 5.91 Å². The van der Waals surface area contributed by atoms with Crippen molar-refractivity contribution in [1.29, 1.82) is 0 Å². The van der Waals surface area contributed by atoms with Crippen LogP contribution in [0.15, 0.2) is 6.20 Å². The maximum Gasteiger partial charge on any atom is 0.250 e. The number of hydrogen-bond donors (Lipinski definition) is 0. The van der Waals surface area contributed by atoms with E-state index in [1.807, 2.05) is 0 Å². The van der Waals surface area contributed by atoms with Crippen molar-refractivity contribution in [2.75, 3.05) is 36.5 Å². The Hall–Kier alpha value is -1.40. The Morgan fingerprint density at radius 3 is 2.85 bits per heavy atom. The molecule has 1 fully saturated rings. The Balaban J connectivity index is 1.99. The topological polar surface area (TPSA) is 52.6 Å². The molecule has 0 bridgehead atoms. The largest absolute Gasteiger partial charge is 0.340 e. The van der Waals surface area contributed by atoms with Gasteiger partial charge in [0, 0.05) is 32.7 Å². The number of nitrogens with zero attached hydrogens (tertiary/aromatic N) is 5. The SMILES string of the molecule is CC(C)N1CCN2c3nc(Cl)ncc3N(C)C(=O)C2C1. The lowest BCUT2D eigenvalue weighted by atomic mass is 10.1. The molecule has 1 aromatic rings. The number of carbonyl (C=O) groups excluding carboxylic acids is 1. The van der Waals surface area contributed by atoms with Crippen molar-refractivity contribution in [3.05, 3.63) is 11.5 Å². The first-order valence-corrected chi connectivity index (χ1v) is 7.17. The van der Waals surface area contributed by atoms with E-state index >= 15 is 0 Å². The van der Waals surface area contributed by atoms with Gasteiger partial charge < -0.3 is 9.80 Å². The van der Waals surface area contributed by atoms with Crippen LogP contribution in [0, 0.1) is 0 Å². The van der Waals surface area contributed by atoms with E-state index in [1.165, 1.54) is 0 Å². The summed E-state index contributed by atoms with van der Waals surface area (Å²) in [6, 6.07) is 0.250. The zero-order valence-electron chi connectivity index (χ0n) is 11.9. The molecule has 108 valence electrons. The van der Waals surface area contributed by atoms with Crippen molar-refractivity contribution in [3.8, 4) is 0 Å². The maximum absolute atomic E-state index is 12.5. The first-order chi connectivity index (χ1) is 9.49. The van der Waals surface area contributed by atoms with Crippen molar-refractivity contribution in [1.82, 2.24) is 14.9 Å². The van der Waals surface area contributed by atoms with Crippen molar-refractivity contribution in [3.63, 3.8) is 0 Å². The number of fused-ring (bicyclic) bond motifs is 3. The smallest absolute Gasteiger partial charge is 0.250 e. The molecular weight excluding hydrogens is 278 g/mol. The second kappa shape index (κ2) is 4.86. The van der Waals surface area contributed by atoms with Crippen molar-refractivity contribution in [2.24, 2.45) is 0 Å². The molecule has 2 aliphatic rings. The molecule has 1 aromatic heterocycles. The predicted molar refractivity (Wildman–Crippen MR) is 78.3 cm³/mol. The molecule has 6 nitrogen and oxygen atoms in total. The summed E-state index contributed by atoms with van der Waals surface area (Å²) < 4.78 is 0. The lowest BCUT2D eigenvalue weighted by Gasteiger charge is -2.47. The molecule has 0 saturated carbocycles. The molecule has 1 atom stereocenters. The van der Waals surface area contributed by atoms with Gasteiger partial charge in [-0.15, -0.1) is 0 Å². The van der Waals surface area contributed by atoms with E-state index in [0.29, 0.717) is 6.04 Å². The monoisotopic (exact) mass is 295 g/mol. The fraction of sp³-hybridized carbons (Fsp3) is 0.615. The predicted octanol–water partition coefficient (Wildman–Crippen LogP) is 1.01. The van der Waals surface area contributed by atoms with Gasteiger partial charge in [0.2, 0.25) is 5.28 Å². The van der Waals surface area contributed by atoms with Gasteiger partial charge in [0.15, 0.2) is 5.82 Å². The summed E-state index contributed by atoms with van der Waals surface area (Å²) in [5.41, 5.74) is 0.730. The first kappa shape index (κ1) is 13.6. The highest BCUT2D eigenvalue weighted by atomic mass is 35.5. The minimum Gasteiger partial charge on any atom is -0.340 e. The van der Waals surface area contributed by atoms with Crippen LogP contribution in [0.25, 0.3) is 0 Å². The summed E-state index contributed by atoms with van der Waals surface area (Å²) >= 11 is 5.91. The number of piperazine rings is 1. The molecule has 0 aliphatic carbocycles. The van der Waals surface area contributed by atoms with Crippen molar-refractivity contribution in [2.45, 2.75) is 25.9 Å². The number of hydrogen-bond acceptors (Lipinski definition) is 5. The van der Waals surface area contributed by atoms with Crippen LogP contribution in [0.2, 0.25) is 5.28 Å². The highest BCUT2D eigenvalue weighted by molar-refractivity contribution is 6.28. The Labute approximate surface area is 123 Å². The van der Waals surface area contributed by atoms with E-state index in [1.54, 1.807) is 18.1 Å². The average molecular weight is 296 g/mol. The summed E-state index contributed by atoms with van der Waals surface area (Å²) in [4.78, 5) is 26.9. The highest BCUT2D eigenvalue weighted by Gasteiger charge is 2.41. The van der Waals surface area contributed by atoms with Crippen molar-refractivity contribution >= 4 is 29.0 Å². The molecule has 20 heavy (non-hydrogen) atoms. The average Bonchev–Trinajstić information content (AvgIpc) is 2.44. The maximum atomic E-state index is 12.5. The lowest BCUT2D eigenvalue weighted by Crippen LogP contribution is -2.63. The Morgan fingerprint density at radius 2 is 2.15 bits per heavy atom. The molecule has 0 radical (unpaired) electrons. The van der Waals surface area contributed by atoms with E-state index in [0.717, 1.165) is 31.1 Å². The van der Waals surface area contributed by atoms with Gasteiger partial charge in [-0.05, 0) is 25.4 Å². The number of rotatable bonds is 1. The van der Waals surface area contributed by atoms with E-state index in [-0.39, 0.29) is 17.2 Å². The molecule has 3 rings (SSSR count). The van der Waals surface area contributed by atoms with E-state index in [9.17, 15) is 4.79 Å². The highest BCUT2D eigenvalue weighted by Crippen LogP contribution is 2.35. The zero-order chi connectivity index (χ0) is 14.4. The number of anilines is 2. The van der Waals surface area contributed by atoms with Gasteiger partial charge in [0.05, 0.1) is 6.20 Å². The zero-order valence-corrected chi connectivity index (χ0v) is 12.6. The van der Waals surface area contributed by atoms with Gasteiger partial charge >= 0.3 is 0 Å². The molecule has 3 heterocycles. The normalized spacial score (nSPS) is 23.1. The van der Waals surface area contributed by atoms with E-state index in [4.69, 9.17) is 11.6 Å². The van der Waals surface area contributed by atoms with Crippen LogP contribution in [-0.2, 0) is 4.79 Å². The number of halogens is 1. The van der Waals surface area contributed by atoms with Crippen LogP contribution < -0.4 is 9.80 Å². The van der Waals surface area contributed by atoms with Gasteiger partial charge in [-0.25, -0.2) is 4.98 Å². The summed E-state index contributed by atoms with van der Waals surface area (Å²) in [7, 11) is 1.77. The molecule has 0 N–H and O–H groups in total. The minimum absolute atomic E-state index is 0.0915. The van der Waals surface area contributed by atoms with Crippen LogP contribution >= 0.6 is 11.6 Å². The van der Waals surface area contributed by atoms with Crippen molar-refractivity contribution < 1.29 is 4.79 Å². The molecule has 7 heteroatoms. The van der Waals surface area contributed by atoms with Gasteiger partial charge in [-0.3, -0.25) is 9.69 Å². The third kappa shape index (κ3) is 2.03. The standard InChI is InChI=1S/C13H18ClN5O/c1-8(2)18-4-5-19-10(7-18)12(20)17(3)9-6-15-13(14)16-11(9)19/h6,8,10H,4-5,7H2,1-3H3. The molecule has 0 aromatic carbocycles. The first-order valence-electron chi connectivity index (χ1n) is 6.80. The second-order valence-corrected chi connectivity index (χ2v) is 5.88. The Morgan fingerprint density at radius 1 is 1.40 bits per heavy atom.